The molecule has 1 unspecified atom stereocenters. The van der Waals surface area contributed by atoms with Crippen LogP contribution in [0.15, 0.2) is 54.6 Å². The van der Waals surface area contributed by atoms with E-state index in [1.807, 2.05) is 68.4 Å². The van der Waals surface area contributed by atoms with Crippen molar-refractivity contribution in [1.29, 1.82) is 0 Å². The van der Waals surface area contributed by atoms with Gasteiger partial charge in [0.05, 0.1) is 11.0 Å². The third-order valence-electron chi connectivity index (χ3n) is 4.38. The first kappa shape index (κ1) is 18.6. The summed E-state index contributed by atoms with van der Waals surface area (Å²) in [5.41, 5.74) is 2.72. The number of para-hydroxylation sites is 2. The second-order valence-corrected chi connectivity index (χ2v) is 6.87. The zero-order valence-electron chi connectivity index (χ0n) is 15.5. The topological polar surface area (TPSA) is 86.9 Å². The molecule has 0 aliphatic heterocycles. The summed E-state index contributed by atoms with van der Waals surface area (Å²) in [7, 11) is 0. The molecule has 6 heteroatoms. The fraction of sp³-hybridized carbons (Fsp3) is 0.286. The highest BCUT2D eigenvalue weighted by molar-refractivity contribution is 5.97. The molecule has 1 atom stereocenters. The number of benzene rings is 2. The van der Waals surface area contributed by atoms with Gasteiger partial charge in [-0.1, -0.05) is 56.3 Å². The van der Waals surface area contributed by atoms with E-state index < -0.39 is 6.04 Å². The van der Waals surface area contributed by atoms with Crippen molar-refractivity contribution in [3.8, 4) is 0 Å². The van der Waals surface area contributed by atoms with Gasteiger partial charge in [0.25, 0.3) is 0 Å². The van der Waals surface area contributed by atoms with E-state index >= 15 is 0 Å². The minimum Gasteiger partial charge on any atom is -0.344 e. The highest BCUT2D eigenvalue weighted by Gasteiger charge is 2.24. The fourth-order valence-electron chi connectivity index (χ4n) is 2.89. The lowest BCUT2D eigenvalue weighted by Gasteiger charge is -2.21. The van der Waals surface area contributed by atoms with Crippen molar-refractivity contribution < 1.29 is 9.59 Å². The number of carbonyl (C=O) groups is 2. The molecule has 3 N–H and O–H groups in total. The smallest absolute Gasteiger partial charge is 0.249 e. The van der Waals surface area contributed by atoms with Crippen molar-refractivity contribution in [2.24, 2.45) is 5.92 Å². The average molecular weight is 364 g/mol. The molecule has 1 heterocycles. The van der Waals surface area contributed by atoms with Crippen LogP contribution in [0.1, 0.15) is 25.8 Å². The van der Waals surface area contributed by atoms with Gasteiger partial charge in [0, 0.05) is 6.42 Å². The SMILES string of the molecule is CC(C)C(NC(=O)CCc1ccccc1)C(=O)Nc1nc2ccccc2[nH]1. The monoisotopic (exact) mass is 364 g/mol. The highest BCUT2D eigenvalue weighted by Crippen LogP contribution is 2.14. The Hall–Kier alpha value is -3.15. The molecule has 0 spiro atoms. The lowest BCUT2D eigenvalue weighted by Crippen LogP contribution is -2.47. The average Bonchev–Trinajstić information content (AvgIpc) is 3.07. The molecule has 2 aromatic carbocycles. The molecule has 2 amide bonds. The Bertz CT molecular complexity index is 885. The molecule has 0 aliphatic rings. The molecule has 0 bridgehead atoms. The van der Waals surface area contributed by atoms with Crippen LogP contribution in [0.2, 0.25) is 0 Å². The fourth-order valence-corrected chi connectivity index (χ4v) is 2.89. The normalized spacial score (nSPS) is 12.1. The largest absolute Gasteiger partial charge is 0.344 e. The predicted molar refractivity (Wildman–Crippen MR) is 106 cm³/mol. The summed E-state index contributed by atoms with van der Waals surface area (Å²) in [6.07, 6.45) is 0.980. The van der Waals surface area contributed by atoms with Crippen LogP contribution in [0.4, 0.5) is 5.95 Å². The minimum atomic E-state index is -0.624. The summed E-state index contributed by atoms with van der Waals surface area (Å²) in [6, 6.07) is 16.7. The maximum Gasteiger partial charge on any atom is 0.249 e. The number of carbonyl (C=O) groups excluding carboxylic acids is 2. The van der Waals surface area contributed by atoms with Crippen molar-refractivity contribution in [2.75, 3.05) is 5.32 Å². The number of H-pyrrole nitrogens is 1. The standard InChI is InChI=1S/C21H24N4O2/c1-14(2)19(24-18(26)13-12-15-8-4-3-5-9-15)20(27)25-21-22-16-10-6-7-11-17(16)23-21/h3-11,14,19H,12-13H2,1-2H3,(H,24,26)(H2,22,23,25,27). The van der Waals surface area contributed by atoms with Crippen molar-refractivity contribution in [3.05, 3.63) is 60.2 Å². The lowest BCUT2D eigenvalue weighted by molar-refractivity contribution is -0.127. The molecule has 140 valence electrons. The molecular formula is C21H24N4O2. The summed E-state index contributed by atoms with van der Waals surface area (Å²) in [5.74, 6) is -0.0881. The van der Waals surface area contributed by atoms with E-state index in [9.17, 15) is 9.59 Å². The Kier molecular flexibility index (Phi) is 5.86. The van der Waals surface area contributed by atoms with E-state index in [0.29, 0.717) is 18.8 Å². The molecule has 3 aromatic rings. The van der Waals surface area contributed by atoms with Crippen LogP contribution in [-0.2, 0) is 16.0 Å². The van der Waals surface area contributed by atoms with Crippen LogP contribution in [0, 0.1) is 5.92 Å². The van der Waals surface area contributed by atoms with Crippen LogP contribution in [0.3, 0.4) is 0 Å². The Labute approximate surface area is 158 Å². The van der Waals surface area contributed by atoms with E-state index in [1.54, 1.807) is 0 Å². The van der Waals surface area contributed by atoms with E-state index in [2.05, 4.69) is 20.6 Å². The van der Waals surface area contributed by atoms with Gasteiger partial charge in [0.15, 0.2) is 0 Å². The van der Waals surface area contributed by atoms with Crippen LogP contribution in [0.25, 0.3) is 11.0 Å². The van der Waals surface area contributed by atoms with Crippen molar-refractivity contribution in [1.82, 2.24) is 15.3 Å². The Balaban J connectivity index is 1.60. The van der Waals surface area contributed by atoms with Crippen LogP contribution >= 0.6 is 0 Å². The Morgan fingerprint density at radius 1 is 1.04 bits per heavy atom. The third kappa shape index (κ3) is 4.94. The molecular weight excluding hydrogens is 340 g/mol. The number of imidazole rings is 1. The van der Waals surface area contributed by atoms with Gasteiger partial charge in [-0.05, 0) is 30.0 Å². The predicted octanol–water partition coefficient (Wildman–Crippen LogP) is 3.28. The first-order valence-electron chi connectivity index (χ1n) is 9.12. The highest BCUT2D eigenvalue weighted by atomic mass is 16.2. The first-order chi connectivity index (χ1) is 13.0. The number of nitrogens with zero attached hydrogens (tertiary/aromatic N) is 1. The van der Waals surface area contributed by atoms with Crippen molar-refractivity contribution >= 4 is 28.8 Å². The Morgan fingerprint density at radius 3 is 2.44 bits per heavy atom. The van der Waals surface area contributed by atoms with Gasteiger partial charge in [-0.15, -0.1) is 0 Å². The van der Waals surface area contributed by atoms with Crippen LogP contribution in [-0.4, -0.2) is 27.8 Å². The number of aromatic nitrogens is 2. The number of hydrogen-bond acceptors (Lipinski definition) is 3. The number of fused-ring (bicyclic) bond motifs is 1. The summed E-state index contributed by atoms with van der Waals surface area (Å²) < 4.78 is 0. The first-order valence-corrected chi connectivity index (χ1v) is 9.12. The zero-order valence-corrected chi connectivity index (χ0v) is 15.5. The van der Waals surface area contributed by atoms with Gasteiger partial charge in [0.1, 0.15) is 6.04 Å². The lowest BCUT2D eigenvalue weighted by atomic mass is 10.0. The van der Waals surface area contributed by atoms with E-state index in [1.165, 1.54) is 0 Å². The molecule has 27 heavy (non-hydrogen) atoms. The molecule has 0 saturated carbocycles. The summed E-state index contributed by atoms with van der Waals surface area (Å²) >= 11 is 0. The van der Waals surface area contributed by atoms with Gasteiger partial charge < -0.3 is 10.3 Å². The quantitative estimate of drug-likeness (QED) is 0.601. The molecule has 1 aromatic heterocycles. The summed E-state index contributed by atoms with van der Waals surface area (Å²) in [4.78, 5) is 32.4. The second-order valence-electron chi connectivity index (χ2n) is 6.87. The van der Waals surface area contributed by atoms with Crippen molar-refractivity contribution in [3.63, 3.8) is 0 Å². The Morgan fingerprint density at radius 2 is 1.74 bits per heavy atom. The van der Waals surface area contributed by atoms with E-state index in [4.69, 9.17) is 0 Å². The summed E-state index contributed by atoms with van der Waals surface area (Å²) in [6.45, 7) is 3.81. The van der Waals surface area contributed by atoms with Gasteiger partial charge in [-0.3, -0.25) is 14.9 Å². The molecule has 0 radical (unpaired) electrons. The molecule has 0 fully saturated rings. The number of hydrogen-bond donors (Lipinski definition) is 3. The van der Waals surface area contributed by atoms with E-state index in [-0.39, 0.29) is 17.7 Å². The molecule has 3 rings (SSSR count). The minimum absolute atomic E-state index is 0.0462. The maximum atomic E-state index is 12.7. The van der Waals surface area contributed by atoms with Gasteiger partial charge in [0.2, 0.25) is 17.8 Å². The number of aryl methyl sites for hydroxylation is 1. The number of amides is 2. The van der Waals surface area contributed by atoms with Crippen molar-refractivity contribution in [2.45, 2.75) is 32.7 Å². The molecule has 0 saturated heterocycles. The second kappa shape index (κ2) is 8.49. The summed E-state index contributed by atoms with van der Waals surface area (Å²) in [5, 5.41) is 5.62. The van der Waals surface area contributed by atoms with Crippen LogP contribution in [0.5, 0.6) is 0 Å². The van der Waals surface area contributed by atoms with Crippen LogP contribution < -0.4 is 10.6 Å². The zero-order chi connectivity index (χ0) is 19.2. The molecule has 6 nitrogen and oxygen atoms in total. The van der Waals surface area contributed by atoms with Gasteiger partial charge in [-0.2, -0.15) is 0 Å². The number of rotatable bonds is 7. The third-order valence-corrected chi connectivity index (χ3v) is 4.38. The van der Waals surface area contributed by atoms with Gasteiger partial charge >= 0.3 is 0 Å². The van der Waals surface area contributed by atoms with E-state index in [0.717, 1.165) is 16.6 Å². The molecule has 0 aliphatic carbocycles. The number of anilines is 1. The number of nitrogens with one attached hydrogen (secondary N) is 3. The number of aromatic amines is 1. The maximum absolute atomic E-state index is 12.7. The van der Waals surface area contributed by atoms with Gasteiger partial charge in [-0.25, -0.2) is 4.98 Å².